The van der Waals surface area contributed by atoms with Gasteiger partial charge < -0.3 is 14.6 Å². The molecule has 0 bridgehead atoms. The number of hydrogen-bond donors (Lipinski definition) is 1. The summed E-state index contributed by atoms with van der Waals surface area (Å²) in [6.45, 7) is 0.621. The van der Waals surface area contributed by atoms with Crippen molar-refractivity contribution in [1.29, 1.82) is 0 Å². The summed E-state index contributed by atoms with van der Waals surface area (Å²) in [4.78, 5) is 17.0. The highest BCUT2D eigenvalue weighted by atomic mass is 16.4. The molecule has 1 N–H and O–H groups in total. The smallest absolute Gasteiger partial charge is 0.323 e. The first kappa shape index (κ1) is 13.1. The zero-order chi connectivity index (χ0) is 13.7. The lowest BCUT2D eigenvalue weighted by atomic mass is 10.2. The molecular weight excluding hydrogens is 242 g/mol. The minimum Gasteiger partial charge on any atom is -0.480 e. The normalized spacial score (nSPS) is 10.4. The molecule has 0 fully saturated rings. The van der Waals surface area contributed by atoms with Crippen LogP contribution in [0.3, 0.4) is 0 Å². The number of aryl methyl sites for hydroxylation is 1. The SMILES string of the molecule is Cn1ccnc1CCN(CC(=O)O)c1ccccc1. The summed E-state index contributed by atoms with van der Waals surface area (Å²) < 4.78 is 1.95. The van der Waals surface area contributed by atoms with Crippen LogP contribution in [-0.2, 0) is 18.3 Å². The number of rotatable bonds is 6. The van der Waals surface area contributed by atoms with Gasteiger partial charge in [0.15, 0.2) is 0 Å². The van der Waals surface area contributed by atoms with Gasteiger partial charge in [0.2, 0.25) is 0 Å². The lowest BCUT2D eigenvalue weighted by molar-refractivity contribution is -0.135. The second kappa shape index (κ2) is 6.04. The zero-order valence-corrected chi connectivity index (χ0v) is 10.9. The van der Waals surface area contributed by atoms with E-state index in [1.165, 1.54) is 0 Å². The third kappa shape index (κ3) is 3.58. The topological polar surface area (TPSA) is 58.4 Å². The minimum absolute atomic E-state index is 0.00552. The number of para-hydroxylation sites is 1. The summed E-state index contributed by atoms with van der Waals surface area (Å²) in [5, 5.41) is 8.99. The molecule has 1 heterocycles. The molecule has 0 unspecified atom stereocenters. The zero-order valence-electron chi connectivity index (χ0n) is 10.9. The number of carbonyl (C=O) groups is 1. The Bertz CT molecular complexity index is 537. The largest absolute Gasteiger partial charge is 0.480 e. The van der Waals surface area contributed by atoms with Gasteiger partial charge in [-0.15, -0.1) is 0 Å². The first-order valence-corrected chi connectivity index (χ1v) is 6.15. The van der Waals surface area contributed by atoms with E-state index in [0.717, 1.165) is 11.5 Å². The van der Waals surface area contributed by atoms with E-state index < -0.39 is 5.97 Å². The number of aliphatic carboxylic acids is 1. The van der Waals surface area contributed by atoms with Gasteiger partial charge in [-0.1, -0.05) is 18.2 Å². The van der Waals surface area contributed by atoms with Gasteiger partial charge in [0, 0.05) is 38.1 Å². The van der Waals surface area contributed by atoms with Crippen molar-refractivity contribution in [3.8, 4) is 0 Å². The van der Waals surface area contributed by atoms with Crippen LogP contribution in [0.5, 0.6) is 0 Å². The van der Waals surface area contributed by atoms with Gasteiger partial charge in [-0.05, 0) is 12.1 Å². The Balaban J connectivity index is 2.06. The van der Waals surface area contributed by atoms with Gasteiger partial charge in [-0.2, -0.15) is 0 Å². The number of aromatic nitrogens is 2. The van der Waals surface area contributed by atoms with Gasteiger partial charge in [0.25, 0.3) is 0 Å². The van der Waals surface area contributed by atoms with Crippen molar-refractivity contribution in [3.05, 3.63) is 48.5 Å². The van der Waals surface area contributed by atoms with Gasteiger partial charge in [-0.25, -0.2) is 4.98 Å². The summed E-state index contributed by atoms with van der Waals surface area (Å²) in [6.07, 6.45) is 4.35. The highest BCUT2D eigenvalue weighted by Gasteiger charge is 2.11. The lowest BCUT2D eigenvalue weighted by Gasteiger charge is -2.22. The second-order valence-electron chi connectivity index (χ2n) is 4.36. The Morgan fingerprint density at radius 3 is 2.68 bits per heavy atom. The van der Waals surface area contributed by atoms with Crippen LogP contribution in [0.15, 0.2) is 42.7 Å². The number of carboxylic acid groups (broad SMARTS) is 1. The van der Waals surface area contributed by atoms with E-state index in [4.69, 9.17) is 5.11 Å². The third-order valence-corrected chi connectivity index (χ3v) is 2.97. The highest BCUT2D eigenvalue weighted by Crippen LogP contribution is 2.13. The Kier molecular flexibility index (Phi) is 4.18. The van der Waals surface area contributed by atoms with E-state index in [-0.39, 0.29) is 6.54 Å². The van der Waals surface area contributed by atoms with Gasteiger partial charge >= 0.3 is 5.97 Å². The maximum atomic E-state index is 10.9. The number of anilines is 1. The average molecular weight is 259 g/mol. The Morgan fingerprint density at radius 2 is 2.11 bits per heavy atom. The maximum absolute atomic E-state index is 10.9. The van der Waals surface area contributed by atoms with Crippen LogP contribution in [0.25, 0.3) is 0 Å². The number of nitrogens with zero attached hydrogens (tertiary/aromatic N) is 3. The van der Waals surface area contributed by atoms with E-state index >= 15 is 0 Å². The van der Waals surface area contributed by atoms with Crippen molar-refractivity contribution in [2.24, 2.45) is 7.05 Å². The number of benzene rings is 1. The molecule has 5 nitrogen and oxygen atoms in total. The van der Waals surface area contributed by atoms with E-state index in [1.807, 2.05) is 53.0 Å². The van der Waals surface area contributed by atoms with Crippen LogP contribution in [0.2, 0.25) is 0 Å². The van der Waals surface area contributed by atoms with Crippen molar-refractivity contribution >= 4 is 11.7 Å². The molecule has 0 aliphatic heterocycles. The predicted molar refractivity (Wildman–Crippen MR) is 73.2 cm³/mol. The first-order valence-electron chi connectivity index (χ1n) is 6.15. The van der Waals surface area contributed by atoms with E-state index in [2.05, 4.69) is 4.98 Å². The van der Waals surface area contributed by atoms with Crippen molar-refractivity contribution in [3.63, 3.8) is 0 Å². The van der Waals surface area contributed by atoms with E-state index in [1.54, 1.807) is 6.20 Å². The Morgan fingerprint density at radius 1 is 1.37 bits per heavy atom. The molecule has 0 saturated carbocycles. The molecule has 0 aliphatic rings. The molecule has 5 heteroatoms. The molecule has 2 aromatic rings. The third-order valence-electron chi connectivity index (χ3n) is 2.97. The van der Waals surface area contributed by atoms with Crippen LogP contribution in [0.1, 0.15) is 5.82 Å². The van der Waals surface area contributed by atoms with Crippen LogP contribution in [-0.4, -0.2) is 33.7 Å². The van der Waals surface area contributed by atoms with E-state index in [0.29, 0.717) is 13.0 Å². The van der Waals surface area contributed by atoms with Crippen LogP contribution in [0.4, 0.5) is 5.69 Å². The number of imidazole rings is 1. The molecule has 1 aromatic carbocycles. The summed E-state index contributed by atoms with van der Waals surface area (Å²) >= 11 is 0. The monoisotopic (exact) mass is 259 g/mol. The molecule has 19 heavy (non-hydrogen) atoms. The van der Waals surface area contributed by atoms with Gasteiger partial charge in [0.05, 0.1) is 0 Å². The maximum Gasteiger partial charge on any atom is 0.323 e. The van der Waals surface area contributed by atoms with Gasteiger partial charge in [-0.3, -0.25) is 4.79 Å². The summed E-state index contributed by atoms with van der Waals surface area (Å²) in [5.41, 5.74) is 0.916. The molecular formula is C14H17N3O2. The molecule has 0 amide bonds. The summed E-state index contributed by atoms with van der Waals surface area (Å²) in [6, 6.07) is 9.57. The van der Waals surface area contributed by atoms with Crippen molar-refractivity contribution in [2.75, 3.05) is 18.0 Å². The van der Waals surface area contributed by atoms with Crippen molar-refractivity contribution in [2.45, 2.75) is 6.42 Å². The molecule has 0 saturated heterocycles. The van der Waals surface area contributed by atoms with Crippen LogP contribution >= 0.6 is 0 Å². The van der Waals surface area contributed by atoms with Crippen molar-refractivity contribution < 1.29 is 9.90 Å². The van der Waals surface area contributed by atoms with Crippen LogP contribution in [0, 0.1) is 0 Å². The van der Waals surface area contributed by atoms with Crippen molar-refractivity contribution in [1.82, 2.24) is 9.55 Å². The Hall–Kier alpha value is -2.30. The highest BCUT2D eigenvalue weighted by molar-refractivity contribution is 5.73. The molecule has 0 aliphatic carbocycles. The molecule has 100 valence electrons. The minimum atomic E-state index is -0.830. The Labute approximate surface area is 112 Å². The lowest BCUT2D eigenvalue weighted by Crippen LogP contribution is -2.32. The van der Waals surface area contributed by atoms with E-state index in [9.17, 15) is 4.79 Å². The number of hydrogen-bond acceptors (Lipinski definition) is 3. The molecule has 0 radical (unpaired) electrons. The fourth-order valence-corrected chi connectivity index (χ4v) is 1.97. The standard InChI is InChI=1S/C14H17N3O2/c1-16-10-8-15-13(16)7-9-17(11-14(18)19)12-5-3-2-4-6-12/h2-6,8,10H,7,9,11H2,1H3,(H,18,19). The molecule has 2 rings (SSSR count). The predicted octanol–water partition coefficient (Wildman–Crippen LogP) is 1.55. The fraction of sp³-hybridized carbons (Fsp3) is 0.286. The van der Waals surface area contributed by atoms with Gasteiger partial charge in [0.1, 0.15) is 12.4 Å². The quantitative estimate of drug-likeness (QED) is 0.855. The average Bonchev–Trinajstić information content (AvgIpc) is 2.81. The fourth-order valence-electron chi connectivity index (χ4n) is 1.97. The van der Waals surface area contributed by atoms with Crippen LogP contribution < -0.4 is 4.90 Å². The number of carboxylic acids is 1. The summed E-state index contributed by atoms with van der Waals surface area (Å²) in [5.74, 6) is 0.120. The second-order valence-corrected chi connectivity index (χ2v) is 4.36. The molecule has 1 aromatic heterocycles. The molecule has 0 spiro atoms. The molecule has 0 atom stereocenters. The first-order chi connectivity index (χ1) is 9.16. The summed E-state index contributed by atoms with van der Waals surface area (Å²) in [7, 11) is 1.94.